The van der Waals surface area contributed by atoms with Gasteiger partial charge in [-0.3, -0.25) is 14.7 Å². The number of aliphatic hydroxyl groups is 1. The molecule has 1 aliphatic rings. The van der Waals surface area contributed by atoms with Crippen LogP contribution < -0.4 is 4.74 Å². The van der Waals surface area contributed by atoms with Gasteiger partial charge in [0, 0.05) is 43.5 Å². The number of carbonyl (C=O) groups is 1. The highest BCUT2D eigenvalue weighted by molar-refractivity contribution is 5.98. The lowest BCUT2D eigenvalue weighted by Crippen LogP contribution is -2.49. The molecule has 178 valence electrons. The first-order chi connectivity index (χ1) is 16.5. The molecule has 2 aromatic heterocycles. The molecule has 0 radical (unpaired) electrons. The fraction of sp³-hybridized carbons (Fsp3) is 0.370. The topological polar surface area (TPSA) is 78.8 Å². The van der Waals surface area contributed by atoms with E-state index in [1.165, 1.54) is 0 Å². The van der Waals surface area contributed by atoms with Gasteiger partial charge in [0.1, 0.15) is 11.7 Å². The Hall–Kier alpha value is -3.29. The lowest BCUT2D eigenvalue weighted by atomic mass is 9.99. The van der Waals surface area contributed by atoms with Gasteiger partial charge in [0.05, 0.1) is 18.3 Å². The number of aliphatic hydroxyl groups excluding tert-OH is 1. The lowest BCUT2D eigenvalue weighted by molar-refractivity contribution is 0.0324. The maximum atomic E-state index is 13.6. The van der Waals surface area contributed by atoms with E-state index in [4.69, 9.17) is 4.74 Å². The summed E-state index contributed by atoms with van der Waals surface area (Å²) in [5.41, 5.74) is 3.24. The number of fused-ring (bicyclic) bond motifs is 1. The van der Waals surface area contributed by atoms with E-state index in [0.717, 1.165) is 16.8 Å². The third-order valence-corrected chi connectivity index (χ3v) is 6.28. The zero-order chi connectivity index (χ0) is 24.1. The molecule has 0 bridgehead atoms. The number of benzene rings is 1. The monoisotopic (exact) mass is 460 g/mol. The molecule has 3 heterocycles. The zero-order valence-corrected chi connectivity index (χ0v) is 20.0. The number of rotatable bonds is 7. The van der Waals surface area contributed by atoms with Crippen LogP contribution in [-0.2, 0) is 6.54 Å². The molecule has 0 fully saturated rings. The number of hydrogen-bond donors (Lipinski definition) is 1. The molecule has 1 N–H and O–H groups in total. The van der Waals surface area contributed by atoms with Crippen LogP contribution in [0.1, 0.15) is 29.9 Å². The van der Waals surface area contributed by atoms with E-state index in [9.17, 15) is 9.90 Å². The minimum absolute atomic E-state index is 0.0351. The molecule has 7 nitrogen and oxygen atoms in total. The van der Waals surface area contributed by atoms with Crippen LogP contribution >= 0.6 is 0 Å². The highest BCUT2D eigenvalue weighted by atomic mass is 16.5. The van der Waals surface area contributed by atoms with Gasteiger partial charge < -0.3 is 14.7 Å². The molecule has 1 aromatic carbocycles. The number of pyridine rings is 2. The third-order valence-electron chi connectivity index (χ3n) is 6.28. The van der Waals surface area contributed by atoms with Gasteiger partial charge in [-0.15, -0.1) is 0 Å². The number of amides is 1. The summed E-state index contributed by atoms with van der Waals surface area (Å²) in [5.74, 6) is 0.199. The van der Waals surface area contributed by atoms with Crippen molar-refractivity contribution in [2.45, 2.75) is 32.5 Å². The second-order valence-corrected chi connectivity index (χ2v) is 9.08. The Balaban J connectivity index is 1.65. The van der Waals surface area contributed by atoms with Gasteiger partial charge >= 0.3 is 0 Å². The summed E-state index contributed by atoms with van der Waals surface area (Å²) < 4.78 is 6.40. The Bertz CT molecular complexity index is 1090. The van der Waals surface area contributed by atoms with Crippen LogP contribution in [-0.4, -0.2) is 69.7 Å². The molecule has 0 spiro atoms. The number of likely N-dealkylation sites (N-methyl/N-ethyl adjacent to an activating group) is 1. The fourth-order valence-corrected chi connectivity index (χ4v) is 4.25. The van der Waals surface area contributed by atoms with Gasteiger partial charge in [0.15, 0.2) is 0 Å². The smallest absolute Gasteiger partial charge is 0.259 e. The van der Waals surface area contributed by atoms with Gasteiger partial charge in [0.25, 0.3) is 5.91 Å². The average Bonchev–Trinajstić information content (AvgIpc) is 2.86. The molecule has 0 saturated carbocycles. The van der Waals surface area contributed by atoms with Crippen molar-refractivity contribution >= 4 is 5.91 Å². The van der Waals surface area contributed by atoms with E-state index in [1.54, 1.807) is 17.3 Å². The molecule has 3 atom stereocenters. The highest BCUT2D eigenvalue weighted by Crippen LogP contribution is 2.30. The summed E-state index contributed by atoms with van der Waals surface area (Å²) >= 11 is 0. The van der Waals surface area contributed by atoms with E-state index in [-0.39, 0.29) is 30.6 Å². The minimum atomic E-state index is -0.312. The summed E-state index contributed by atoms with van der Waals surface area (Å²) in [6.45, 7) is 5.66. The summed E-state index contributed by atoms with van der Waals surface area (Å²) in [7, 11) is 2.04. The molecule has 7 heteroatoms. The Morgan fingerprint density at radius 3 is 2.62 bits per heavy atom. The molecule has 1 aliphatic heterocycles. The van der Waals surface area contributed by atoms with E-state index in [2.05, 4.69) is 21.8 Å². The number of aromatic nitrogens is 2. The van der Waals surface area contributed by atoms with Gasteiger partial charge in [-0.2, -0.15) is 0 Å². The molecule has 0 unspecified atom stereocenters. The Morgan fingerprint density at radius 2 is 1.91 bits per heavy atom. The second-order valence-electron chi connectivity index (χ2n) is 9.08. The SMILES string of the molecule is C[C@H](CO)N1C[C@H](C)[C@H](CN(C)Cc2ccccn2)Oc2ncc(-c3ccccc3)cc2C1=O. The fourth-order valence-electron chi connectivity index (χ4n) is 4.25. The Kier molecular flexibility index (Phi) is 7.55. The number of ether oxygens (including phenoxy) is 1. The van der Waals surface area contributed by atoms with Crippen LogP contribution in [0.2, 0.25) is 0 Å². The maximum absolute atomic E-state index is 13.6. The molecular weight excluding hydrogens is 428 g/mol. The molecule has 34 heavy (non-hydrogen) atoms. The van der Waals surface area contributed by atoms with Gasteiger partial charge in [-0.25, -0.2) is 4.98 Å². The van der Waals surface area contributed by atoms with Gasteiger partial charge in [-0.1, -0.05) is 43.3 Å². The predicted octanol–water partition coefficient (Wildman–Crippen LogP) is 3.50. The normalized spacial score (nSPS) is 19.2. The van der Waals surface area contributed by atoms with Crippen LogP contribution in [0.3, 0.4) is 0 Å². The largest absolute Gasteiger partial charge is 0.472 e. The first kappa shape index (κ1) is 23.9. The first-order valence-electron chi connectivity index (χ1n) is 11.7. The van der Waals surface area contributed by atoms with Crippen molar-refractivity contribution in [1.29, 1.82) is 0 Å². The van der Waals surface area contributed by atoms with E-state index in [0.29, 0.717) is 31.1 Å². The first-order valence-corrected chi connectivity index (χ1v) is 11.7. The molecule has 0 aliphatic carbocycles. The van der Waals surface area contributed by atoms with E-state index in [1.807, 2.05) is 68.6 Å². The predicted molar refractivity (Wildman–Crippen MR) is 131 cm³/mol. The van der Waals surface area contributed by atoms with Crippen molar-refractivity contribution in [2.75, 3.05) is 26.7 Å². The van der Waals surface area contributed by atoms with Crippen molar-refractivity contribution in [3.8, 4) is 17.0 Å². The Labute approximate surface area is 201 Å². The molecule has 4 rings (SSSR count). The molecular formula is C27H32N4O3. The molecule has 3 aromatic rings. The van der Waals surface area contributed by atoms with Crippen molar-refractivity contribution in [1.82, 2.24) is 19.8 Å². The van der Waals surface area contributed by atoms with Gasteiger partial charge in [-0.05, 0) is 37.7 Å². The van der Waals surface area contributed by atoms with E-state index >= 15 is 0 Å². The highest BCUT2D eigenvalue weighted by Gasteiger charge is 2.34. The summed E-state index contributed by atoms with van der Waals surface area (Å²) in [5, 5.41) is 9.85. The quantitative estimate of drug-likeness (QED) is 0.582. The number of carbonyl (C=O) groups excluding carboxylic acids is 1. The van der Waals surface area contributed by atoms with E-state index < -0.39 is 0 Å². The number of hydrogen-bond acceptors (Lipinski definition) is 6. The van der Waals surface area contributed by atoms with Crippen LogP contribution in [0, 0.1) is 5.92 Å². The zero-order valence-electron chi connectivity index (χ0n) is 20.0. The van der Waals surface area contributed by atoms with Crippen molar-refractivity contribution < 1.29 is 14.6 Å². The van der Waals surface area contributed by atoms with Gasteiger partial charge in [0.2, 0.25) is 5.88 Å². The van der Waals surface area contributed by atoms with Crippen molar-refractivity contribution in [3.05, 3.63) is 78.2 Å². The van der Waals surface area contributed by atoms with Crippen LogP contribution in [0.15, 0.2) is 67.0 Å². The van der Waals surface area contributed by atoms with Crippen molar-refractivity contribution in [2.24, 2.45) is 5.92 Å². The second kappa shape index (κ2) is 10.8. The van der Waals surface area contributed by atoms with Crippen LogP contribution in [0.25, 0.3) is 11.1 Å². The standard InChI is InChI=1S/C27H32N4O3/c1-19-15-31(20(2)18-32)27(33)24-13-22(21-9-5-4-6-10-21)14-29-26(24)34-25(19)17-30(3)16-23-11-7-8-12-28-23/h4-14,19-20,25,32H,15-18H2,1-3H3/t19-,20+,25-/m0/s1. The molecule has 1 amide bonds. The van der Waals surface area contributed by atoms with Crippen molar-refractivity contribution in [3.63, 3.8) is 0 Å². The minimum Gasteiger partial charge on any atom is -0.472 e. The number of nitrogens with zero attached hydrogens (tertiary/aromatic N) is 4. The van der Waals surface area contributed by atoms with Crippen LogP contribution in [0.4, 0.5) is 0 Å². The summed E-state index contributed by atoms with van der Waals surface area (Å²) in [6.07, 6.45) is 3.36. The van der Waals surface area contributed by atoms with Crippen LogP contribution in [0.5, 0.6) is 5.88 Å². The summed E-state index contributed by atoms with van der Waals surface area (Å²) in [4.78, 5) is 26.5. The molecule has 0 saturated heterocycles. The summed E-state index contributed by atoms with van der Waals surface area (Å²) in [6, 6.07) is 17.3. The Morgan fingerprint density at radius 1 is 1.15 bits per heavy atom. The average molecular weight is 461 g/mol. The lowest BCUT2D eigenvalue weighted by Gasteiger charge is -2.37. The third kappa shape index (κ3) is 5.43. The maximum Gasteiger partial charge on any atom is 0.259 e.